The summed E-state index contributed by atoms with van der Waals surface area (Å²) in [7, 11) is -3.48. The number of aromatic nitrogens is 4. The van der Waals surface area contributed by atoms with Gasteiger partial charge in [-0.2, -0.15) is 9.61 Å². The van der Waals surface area contributed by atoms with E-state index in [4.69, 9.17) is 5.73 Å². The molecule has 4 rings (SSSR count). The average molecular weight is 365 g/mol. The fourth-order valence-electron chi connectivity index (χ4n) is 2.69. The molecule has 0 aliphatic heterocycles. The van der Waals surface area contributed by atoms with Crippen molar-refractivity contribution < 1.29 is 8.42 Å². The van der Waals surface area contributed by atoms with Gasteiger partial charge in [-0.3, -0.25) is 4.98 Å². The standard InChI is InChI=1S/C18H15N5O2S/c1-26(24,25)17-9-16(19)23-18(22-17)14(11-21-23)13-7-8-15(20-10-13)12-5-3-2-4-6-12/h2-11H,19H2,1H3. The average Bonchev–Trinajstić information content (AvgIpc) is 3.06. The summed E-state index contributed by atoms with van der Waals surface area (Å²) in [5.41, 5.74) is 9.59. The maximum absolute atomic E-state index is 11.8. The summed E-state index contributed by atoms with van der Waals surface area (Å²) in [6.07, 6.45) is 4.41. The van der Waals surface area contributed by atoms with Gasteiger partial charge in [0.05, 0.1) is 11.9 Å². The first kappa shape index (κ1) is 16.2. The summed E-state index contributed by atoms with van der Waals surface area (Å²) in [4.78, 5) is 8.72. The third kappa shape index (κ3) is 2.80. The van der Waals surface area contributed by atoms with E-state index in [-0.39, 0.29) is 10.8 Å². The normalized spacial score (nSPS) is 11.7. The van der Waals surface area contributed by atoms with E-state index in [1.165, 1.54) is 10.6 Å². The molecular weight excluding hydrogens is 350 g/mol. The Labute approximate surface area is 150 Å². The number of anilines is 1. The van der Waals surface area contributed by atoms with E-state index in [0.29, 0.717) is 11.2 Å². The molecule has 7 nitrogen and oxygen atoms in total. The van der Waals surface area contributed by atoms with Gasteiger partial charge in [-0.05, 0) is 6.07 Å². The van der Waals surface area contributed by atoms with Crippen LogP contribution >= 0.6 is 0 Å². The van der Waals surface area contributed by atoms with Gasteiger partial charge in [0.2, 0.25) is 0 Å². The van der Waals surface area contributed by atoms with Crippen molar-refractivity contribution >= 4 is 21.3 Å². The minimum absolute atomic E-state index is 0.0851. The van der Waals surface area contributed by atoms with E-state index >= 15 is 0 Å². The Morgan fingerprint density at radius 1 is 1.00 bits per heavy atom. The van der Waals surface area contributed by atoms with Crippen LogP contribution in [0, 0.1) is 0 Å². The molecule has 0 fully saturated rings. The molecule has 0 aliphatic carbocycles. The number of sulfone groups is 1. The van der Waals surface area contributed by atoms with Gasteiger partial charge >= 0.3 is 0 Å². The second kappa shape index (κ2) is 5.92. The summed E-state index contributed by atoms with van der Waals surface area (Å²) >= 11 is 0. The lowest BCUT2D eigenvalue weighted by Crippen LogP contribution is -2.07. The number of rotatable bonds is 3. The number of nitrogens with two attached hydrogens (primary N) is 1. The van der Waals surface area contributed by atoms with Crippen LogP contribution in [0.15, 0.2) is 66.0 Å². The van der Waals surface area contributed by atoms with Crippen molar-refractivity contribution in [3.05, 3.63) is 60.9 Å². The highest BCUT2D eigenvalue weighted by Crippen LogP contribution is 2.27. The van der Waals surface area contributed by atoms with Gasteiger partial charge in [0, 0.05) is 35.2 Å². The number of hydrogen-bond donors (Lipinski definition) is 1. The van der Waals surface area contributed by atoms with Gasteiger partial charge in [0.15, 0.2) is 20.5 Å². The number of benzene rings is 1. The summed E-state index contributed by atoms with van der Waals surface area (Å²) < 4.78 is 25.1. The van der Waals surface area contributed by atoms with Gasteiger partial charge in [-0.25, -0.2) is 13.4 Å². The predicted octanol–water partition coefficient (Wildman–Crippen LogP) is 2.44. The molecule has 0 saturated heterocycles. The molecule has 2 N–H and O–H groups in total. The first-order valence-electron chi connectivity index (χ1n) is 7.79. The van der Waals surface area contributed by atoms with E-state index in [1.807, 2.05) is 42.5 Å². The number of hydrogen-bond acceptors (Lipinski definition) is 6. The number of fused-ring (bicyclic) bond motifs is 1. The molecule has 1 aromatic carbocycles. The Bertz CT molecular complexity index is 1200. The van der Waals surface area contributed by atoms with Crippen LogP contribution in [-0.2, 0) is 9.84 Å². The van der Waals surface area contributed by atoms with Crippen molar-refractivity contribution in [2.75, 3.05) is 12.0 Å². The molecule has 26 heavy (non-hydrogen) atoms. The van der Waals surface area contributed by atoms with Crippen LogP contribution in [-0.4, -0.2) is 34.3 Å². The molecule has 0 amide bonds. The Hall–Kier alpha value is -3.26. The zero-order valence-electron chi connectivity index (χ0n) is 13.9. The van der Waals surface area contributed by atoms with E-state index in [0.717, 1.165) is 23.1 Å². The van der Waals surface area contributed by atoms with E-state index in [1.54, 1.807) is 12.4 Å². The Balaban J connectivity index is 1.83. The van der Waals surface area contributed by atoms with E-state index in [9.17, 15) is 8.42 Å². The van der Waals surface area contributed by atoms with Gasteiger partial charge in [0.25, 0.3) is 0 Å². The van der Waals surface area contributed by atoms with Crippen LogP contribution in [0.2, 0.25) is 0 Å². The molecule has 3 heterocycles. The molecule has 0 atom stereocenters. The largest absolute Gasteiger partial charge is 0.383 e. The number of nitrogens with zero attached hydrogens (tertiary/aromatic N) is 4. The minimum Gasteiger partial charge on any atom is -0.383 e. The van der Waals surface area contributed by atoms with Crippen molar-refractivity contribution in [1.29, 1.82) is 0 Å². The SMILES string of the molecule is CS(=O)(=O)c1cc(N)n2ncc(-c3ccc(-c4ccccc4)nc3)c2n1. The van der Waals surface area contributed by atoms with Crippen LogP contribution in [0.1, 0.15) is 0 Å². The lowest BCUT2D eigenvalue weighted by atomic mass is 10.1. The molecule has 0 radical (unpaired) electrons. The quantitative estimate of drug-likeness (QED) is 0.559. The zero-order chi connectivity index (χ0) is 18.3. The first-order chi connectivity index (χ1) is 12.4. The molecular formula is C18H15N5O2S. The van der Waals surface area contributed by atoms with Crippen LogP contribution in [0.25, 0.3) is 28.0 Å². The highest BCUT2D eigenvalue weighted by Gasteiger charge is 2.17. The highest BCUT2D eigenvalue weighted by molar-refractivity contribution is 7.90. The molecule has 8 heteroatoms. The third-order valence-electron chi connectivity index (χ3n) is 4.00. The number of nitrogen functional groups attached to an aromatic ring is 1. The Kier molecular flexibility index (Phi) is 3.69. The number of pyridine rings is 1. The van der Waals surface area contributed by atoms with E-state index < -0.39 is 9.84 Å². The molecule has 0 bridgehead atoms. The van der Waals surface area contributed by atoms with E-state index in [2.05, 4.69) is 15.1 Å². The highest BCUT2D eigenvalue weighted by atomic mass is 32.2. The van der Waals surface area contributed by atoms with Crippen molar-refractivity contribution in [1.82, 2.24) is 19.6 Å². The summed E-state index contributed by atoms with van der Waals surface area (Å²) in [5.74, 6) is 0.204. The fourth-order valence-corrected chi connectivity index (χ4v) is 3.28. The Morgan fingerprint density at radius 2 is 1.77 bits per heavy atom. The van der Waals surface area contributed by atoms with Crippen molar-refractivity contribution in [2.45, 2.75) is 5.03 Å². The summed E-state index contributed by atoms with van der Waals surface area (Å²) in [6, 6.07) is 14.9. The molecule has 0 unspecified atom stereocenters. The maximum Gasteiger partial charge on any atom is 0.192 e. The maximum atomic E-state index is 11.8. The fraction of sp³-hybridized carbons (Fsp3) is 0.0556. The second-order valence-corrected chi connectivity index (χ2v) is 7.85. The molecule has 0 aliphatic rings. The Morgan fingerprint density at radius 3 is 2.42 bits per heavy atom. The van der Waals surface area contributed by atoms with Crippen molar-refractivity contribution in [2.24, 2.45) is 0 Å². The first-order valence-corrected chi connectivity index (χ1v) is 9.69. The second-order valence-electron chi connectivity index (χ2n) is 5.88. The minimum atomic E-state index is -3.48. The van der Waals surface area contributed by atoms with Crippen LogP contribution in [0.4, 0.5) is 5.82 Å². The van der Waals surface area contributed by atoms with Crippen LogP contribution < -0.4 is 5.73 Å². The summed E-state index contributed by atoms with van der Waals surface area (Å²) in [6.45, 7) is 0. The van der Waals surface area contributed by atoms with Crippen molar-refractivity contribution in [3.8, 4) is 22.4 Å². The lowest BCUT2D eigenvalue weighted by molar-refractivity contribution is 0.598. The molecule has 130 valence electrons. The molecule has 0 saturated carbocycles. The van der Waals surface area contributed by atoms with Crippen LogP contribution in [0.5, 0.6) is 0 Å². The molecule has 0 spiro atoms. The summed E-state index contributed by atoms with van der Waals surface area (Å²) in [5, 5.41) is 4.12. The third-order valence-corrected chi connectivity index (χ3v) is 4.97. The monoisotopic (exact) mass is 365 g/mol. The predicted molar refractivity (Wildman–Crippen MR) is 99.2 cm³/mol. The van der Waals surface area contributed by atoms with Crippen molar-refractivity contribution in [3.63, 3.8) is 0 Å². The molecule has 4 aromatic rings. The van der Waals surface area contributed by atoms with Crippen LogP contribution in [0.3, 0.4) is 0 Å². The van der Waals surface area contributed by atoms with Gasteiger partial charge in [-0.15, -0.1) is 0 Å². The zero-order valence-corrected chi connectivity index (χ0v) is 14.7. The topological polar surface area (TPSA) is 103 Å². The van der Waals surface area contributed by atoms with Gasteiger partial charge < -0.3 is 5.73 Å². The molecule has 3 aromatic heterocycles. The lowest BCUT2D eigenvalue weighted by Gasteiger charge is -2.05. The van der Waals surface area contributed by atoms with Gasteiger partial charge in [-0.1, -0.05) is 36.4 Å². The van der Waals surface area contributed by atoms with Gasteiger partial charge in [0.1, 0.15) is 5.82 Å². The smallest absolute Gasteiger partial charge is 0.192 e.